The number of aryl methyl sites for hydroxylation is 1. The van der Waals surface area contributed by atoms with Gasteiger partial charge < -0.3 is 4.90 Å². The van der Waals surface area contributed by atoms with Crippen molar-refractivity contribution in [1.82, 2.24) is 0 Å². The van der Waals surface area contributed by atoms with Gasteiger partial charge in [-0.25, -0.2) is 0 Å². The van der Waals surface area contributed by atoms with E-state index in [9.17, 15) is 0 Å². The van der Waals surface area contributed by atoms with Crippen LogP contribution in [0, 0.1) is 6.92 Å². The van der Waals surface area contributed by atoms with Gasteiger partial charge in [-0.1, -0.05) is 19.9 Å². The van der Waals surface area contributed by atoms with Crippen LogP contribution in [0.3, 0.4) is 0 Å². The van der Waals surface area contributed by atoms with Gasteiger partial charge in [0.05, 0.1) is 5.69 Å². The Hall–Kier alpha value is -0.500. The van der Waals surface area contributed by atoms with Gasteiger partial charge in [0.25, 0.3) is 0 Å². The number of rotatable bonds is 5. The van der Waals surface area contributed by atoms with Crippen LogP contribution < -0.4 is 4.90 Å². The van der Waals surface area contributed by atoms with E-state index < -0.39 is 0 Å². The van der Waals surface area contributed by atoms with Crippen LogP contribution in [-0.4, -0.2) is 13.1 Å². The highest BCUT2D eigenvalue weighted by atomic mass is 79.9. The van der Waals surface area contributed by atoms with E-state index in [1.165, 1.54) is 28.6 Å². The van der Waals surface area contributed by atoms with Gasteiger partial charge >= 0.3 is 0 Å². The van der Waals surface area contributed by atoms with Crippen LogP contribution in [0.15, 0.2) is 22.7 Å². The molecule has 0 amide bonds. The fourth-order valence-corrected chi connectivity index (χ4v) is 2.25. The number of benzene rings is 1. The van der Waals surface area contributed by atoms with Crippen LogP contribution in [0.5, 0.6) is 0 Å². The molecule has 0 aromatic heterocycles. The molecule has 0 aliphatic carbocycles. The number of hydrogen-bond acceptors (Lipinski definition) is 1. The molecule has 0 radical (unpaired) electrons. The van der Waals surface area contributed by atoms with Crippen molar-refractivity contribution in [2.24, 2.45) is 0 Å². The third kappa shape index (κ3) is 3.53. The molecule has 1 aromatic carbocycles. The van der Waals surface area contributed by atoms with Crippen molar-refractivity contribution in [2.75, 3.05) is 18.0 Å². The number of anilines is 1. The lowest BCUT2D eigenvalue weighted by Crippen LogP contribution is -2.25. The summed E-state index contributed by atoms with van der Waals surface area (Å²) in [5.41, 5.74) is 2.66. The summed E-state index contributed by atoms with van der Waals surface area (Å²) in [6.45, 7) is 8.87. The van der Waals surface area contributed by atoms with Crippen LogP contribution in [0.25, 0.3) is 0 Å². The van der Waals surface area contributed by atoms with Gasteiger partial charge in [-0.05, 0) is 53.4 Å². The van der Waals surface area contributed by atoms with Gasteiger partial charge in [0, 0.05) is 17.6 Å². The minimum absolute atomic E-state index is 1.13. The molecule has 84 valence electrons. The molecule has 0 fully saturated rings. The minimum Gasteiger partial charge on any atom is -0.371 e. The largest absolute Gasteiger partial charge is 0.371 e. The van der Waals surface area contributed by atoms with Crippen molar-refractivity contribution in [2.45, 2.75) is 33.6 Å². The van der Waals surface area contributed by atoms with Gasteiger partial charge in [-0.15, -0.1) is 0 Å². The topological polar surface area (TPSA) is 3.24 Å². The summed E-state index contributed by atoms with van der Waals surface area (Å²) in [5, 5.41) is 0. The first-order valence-corrected chi connectivity index (χ1v) is 6.49. The first-order chi connectivity index (χ1) is 7.19. The molecule has 0 saturated heterocycles. The van der Waals surface area contributed by atoms with E-state index in [-0.39, 0.29) is 0 Å². The van der Waals surface area contributed by atoms with Gasteiger partial charge in [0.15, 0.2) is 0 Å². The second-order valence-corrected chi connectivity index (χ2v) is 4.80. The maximum Gasteiger partial charge on any atom is 0.0513 e. The van der Waals surface area contributed by atoms with E-state index in [4.69, 9.17) is 0 Å². The van der Waals surface area contributed by atoms with E-state index in [1.807, 2.05) is 0 Å². The third-order valence-electron chi connectivity index (χ3n) is 2.43. The van der Waals surface area contributed by atoms with E-state index in [1.54, 1.807) is 0 Å². The van der Waals surface area contributed by atoms with Crippen LogP contribution in [0.1, 0.15) is 32.3 Å². The Kier molecular flexibility index (Phi) is 5.16. The summed E-state index contributed by atoms with van der Waals surface area (Å²) in [6.07, 6.45) is 2.39. The Morgan fingerprint density at radius 1 is 1.13 bits per heavy atom. The molecule has 1 aromatic rings. The Balaban J connectivity index is 2.93. The van der Waals surface area contributed by atoms with Crippen molar-refractivity contribution < 1.29 is 0 Å². The molecule has 2 heteroatoms. The summed E-state index contributed by atoms with van der Waals surface area (Å²) < 4.78 is 1.20. The molecule has 15 heavy (non-hydrogen) atoms. The summed E-state index contributed by atoms with van der Waals surface area (Å²) >= 11 is 3.63. The molecular weight excluding hydrogens is 250 g/mol. The van der Waals surface area contributed by atoms with Crippen molar-refractivity contribution in [1.29, 1.82) is 0 Å². The van der Waals surface area contributed by atoms with E-state index in [0.29, 0.717) is 0 Å². The SMILES string of the molecule is CCCN(CCC)c1cc(C)ccc1Br. The average Bonchev–Trinajstić information content (AvgIpc) is 2.21. The predicted octanol–water partition coefficient (Wildman–Crippen LogP) is 4.38. The zero-order chi connectivity index (χ0) is 11.3. The monoisotopic (exact) mass is 269 g/mol. The Bertz CT molecular complexity index is 303. The molecule has 0 spiro atoms. The average molecular weight is 270 g/mol. The van der Waals surface area contributed by atoms with Gasteiger partial charge in [-0.2, -0.15) is 0 Å². The zero-order valence-corrected chi connectivity index (χ0v) is 11.5. The molecule has 1 rings (SSSR count). The van der Waals surface area contributed by atoms with Gasteiger partial charge in [0.1, 0.15) is 0 Å². The van der Waals surface area contributed by atoms with Crippen molar-refractivity contribution >= 4 is 21.6 Å². The normalized spacial score (nSPS) is 10.4. The van der Waals surface area contributed by atoms with Crippen molar-refractivity contribution in [3.8, 4) is 0 Å². The lowest BCUT2D eigenvalue weighted by atomic mass is 10.2. The van der Waals surface area contributed by atoms with Crippen LogP contribution in [0.2, 0.25) is 0 Å². The highest BCUT2D eigenvalue weighted by Gasteiger charge is 2.08. The smallest absolute Gasteiger partial charge is 0.0513 e. The first kappa shape index (κ1) is 12.6. The highest BCUT2D eigenvalue weighted by Crippen LogP contribution is 2.27. The molecule has 0 saturated carbocycles. The van der Waals surface area contributed by atoms with Crippen LogP contribution in [0.4, 0.5) is 5.69 Å². The summed E-state index contributed by atoms with van der Waals surface area (Å²) in [6, 6.07) is 6.54. The van der Waals surface area contributed by atoms with Crippen LogP contribution in [-0.2, 0) is 0 Å². The summed E-state index contributed by atoms with van der Waals surface area (Å²) in [4.78, 5) is 2.46. The maximum absolute atomic E-state index is 3.63. The fourth-order valence-electron chi connectivity index (χ4n) is 1.76. The van der Waals surface area contributed by atoms with E-state index in [2.05, 4.69) is 59.8 Å². The second-order valence-electron chi connectivity index (χ2n) is 3.94. The lowest BCUT2D eigenvalue weighted by Gasteiger charge is -2.25. The molecule has 0 bridgehead atoms. The second kappa shape index (κ2) is 6.16. The quantitative estimate of drug-likeness (QED) is 0.767. The fraction of sp³-hybridized carbons (Fsp3) is 0.538. The number of halogens is 1. The van der Waals surface area contributed by atoms with Crippen molar-refractivity contribution in [3.05, 3.63) is 28.2 Å². The summed E-state index contributed by atoms with van der Waals surface area (Å²) in [5.74, 6) is 0. The highest BCUT2D eigenvalue weighted by molar-refractivity contribution is 9.10. The third-order valence-corrected chi connectivity index (χ3v) is 3.10. The summed E-state index contributed by atoms with van der Waals surface area (Å²) in [7, 11) is 0. The maximum atomic E-state index is 3.63. The lowest BCUT2D eigenvalue weighted by molar-refractivity contribution is 0.743. The number of nitrogens with zero attached hydrogens (tertiary/aromatic N) is 1. The molecule has 0 aliphatic rings. The predicted molar refractivity (Wildman–Crippen MR) is 71.7 cm³/mol. The van der Waals surface area contributed by atoms with E-state index >= 15 is 0 Å². The van der Waals surface area contributed by atoms with Crippen LogP contribution >= 0.6 is 15.9 Å². The molecule has 0 heterocycles. The van der Waals surface area contributed by atoms with E-state index in [0.717, 1.165) is 13.1 Å². The molecule has 1 nitrogen and oxygen atoms in total. The molecule has 0 atom stereocenters. The standard InChI is InChI=1S/C13H20BrN/c1-4-8-15(9-5-2)13-10-11(3)6-7-12(13)14/h6-7,10H,4-5,8-9H2,1-3H3. The minimum atomic E-state index is 1.13. The van der Waals surface area contributed by atoms with Gasteiger partial charge in [0.2, 0.25) is 0 Å². The Morgan fingerprint density at radius 2 is 1.73 bits per heavy atom. The molecule has 0 N–H and O–H groups in total. The van der Waals surface area contributed by atoms with Gasteiger partial charge in [-0.3, -0.25) is 0 Å². The molecule has 0 unspecified atom stereocenters. The zero-order valence-electron chi connectivity index (χ0n) is 9.89. The molecule has 0 aliphatic heterocycles. The Labute approximate surface area is 102 Å². The number of hydrogen-bond donors (Lipinski definition) is 0. The first-order valence-electron chi connectivity index (χ1n) is 5.70. The molecular formula is C13H20BrN. The Morgan fingerprint density at radius 3 is 2.27 bits per heavy atom. The van der Waals surface area contributed by atoms with Crippen molar-refractivity contribution in [3.63, 3.8) is 0 Å².